The van der Waals surface area contributed by atoms with Crippen molar-refractivity contribution >= 4 is 44.7 Å². The molecule has 0 unspecified atom stereocenters. The molecule has 0 saturated carbocycles. The second-order valence-corrected chi connectivity index (χ2v) is 11.5. The van der Waals surface area contributed by atoms with Gasteiger partial charge in [0.15, 0.2) is 5.75 Å². The maximum Gasteiger partial charge on any atom is 0.414 e. The van der Waals surface area contributed by atoms with Crippen LogP contribution in [-0.2, 0) is 16.4 Å². The quantitative estimate of drug-likeness (QED) is 0.443. The lowest BCUT2D eigenvalue weighted by Crippen LogP contribution is -2.45. The molecule has 1 N–H and O–H groups in total. The minimum Gasteiger partial charge on any atom is -0.422 e. The topological polar surface area (TPSA) is 126 Å². The van der Waals surface area contributed by atoms with E-state index in [4.69, 9.17) is 20.8 Å². The van der Waals surface area contributed by atoms with Gasteiger partial charge in [0, 0.05) is 50.6 Å². The SMILES string of the molecule is Cc1c(Cc2ccc(F)c(S(=O)(=O)NC(=O)N3CCCCC3)c2)c(=O)oc2cc(OC(=O)N(C)C)c(Cl)cc12. The zero-order valence-corrected chi connectivity index (χ0v) is 23.1. The van der Waals surface area contributed by atoms with Crippen molar-refractivity contribution in [2.24, 2.45) is 0 Å². The number of ether oxygens (including phenoxy) is 1. The fourth-order valence-corrected chi connectivity index (χ4v) is 5.56. The summed E-state index contributed by atoms with van der Waals surface area (Å²) >= 11 is 6.30. The number of carbonyl (C=O) groups is 2. The van der Waals surface area contributed by atoms with E-state index < -0.39 is 38.5 Å². The first-order valence-corrected chi connectivity index (χ1v) is 14.0. The second kappa shape index (κ2) is 11.2. The fourth-order valence-electron chi connectivity index (χ4n) is 4.26. The zero-order valence-electron chi connectivity index (χ0n) is 21.5. The third kappa shape index (κ3) is 6.17. The van der Waals surface area contributed by atoms with Gasteiger partial charge >= 0.3 is 17.7 Å². The standard InChI is InChI=1S/C26H27ClFN3O7S/c1-15-17-13-19(27)22(38-26(34)30(2)3)14-21(17)37-24(32)18(15)11-16-7-8-20(28)23(12-16)39(35,36)29-25(33)31-9-5-4-6-10-31/h7-8,12-14H,4-6,9-11H2,1-3H3,(H,29,33). The summed E-state index contributed by atoms with van der Waals surface area (Å²) in [5.41, 5.74) is 0.429. The summed E-state index contributed by atoms with van der Waals surface area (Å²) in [5, 5.41) is 0.586. The molecule has 1 aromatic heterocycles. The van der Waals surface area contributed by atoms with Gasteiger partial charge in [0.2, 0.25) is 0 Å². The number of hydrogen-bond donors (Lipinski definition) is 1. The first-order valence-electron chi connectivity index (χ1n) is 12.1. The van der Waals surface area contributed by atoms with Crippen LogP contribution in [0.4, 0.5) is 14.0 Å². The van der Waals surface area contributed by atoms with Crippen LogP contribution in [0.2, 0.25) is 5.02 Å². The lowest BCUT2D eigenvalue weighted by atomic mass is 9.99. The van der Waals surface area contributed by atoms with Gasteiger partial charge in [0.25, 0.3) is 10.0 Å². The Morgan fingerprint density at radius 3 is 2.51 bits per heavy atom. The average Bonchev–Trinajstić information content (AvgIpc) is 2.88. The van der Waals surface area contributed by atoms with Gasteiger partial charge in [-0.2, -0.15) is 0 Å². The molecule has 0 spiro atoms. The Morgan fingerprint density at radius 1 is 1.15 bits per heavy atom. The van der Waals surface area contributed by atoms with E-state index in [0.717, 1.165) is 31.4 Å². The normalized spacial score (nSPS) is 13.8. The number of hydrogen-bond acceptors (Lipinski definition) is 7. The Bertz CT molecular complexity index is 1620. The smallest absolute Gasteiger partial charge is 0.414 e. The lowest BCUT2D eigenvalue weighted by Gasteiger charge is -2.26. The molecule has 1 saturated heterocycles. The zero-order chi connectivity index (χ0) is 28.5. The van der Waals surface area contributed by atoms with E-state index in [0.29, 0.717) is 29.6 Å². The summed E-state index contributed by atoms with van der Waals surface area (Å²) < 4.78 is 53.0. The number of carbonyl (C=O) groups excluding carboxylic acids is 2. The Morgan fingerprint density at radius 2 is 1.85 bits per heavy atom. The first kappa shape index (κ1) is 28.4. The number of aryl methyl sites for hydroxylation is 1. The summed E-state index contributed by atoms with van der Waals surface area (Å²) in [5.74, 6) is -1.02. The molecule has 2 heterocycles. The highest BCUT2D eigenvalue weighted by Crippen LogP contribution is 2.33. The van der Waals surface area contributed by atoms with Crippen molar-refractivity contribution in [1.29, 1.82) is 0 Å². The highest BCUT2D eigenvalue weighted by molar-refractivity contribution is 7.90. The molecular weight excluding hydrogens is 553 g/mol. The molecule has 4 rings (SSSR count). The Kier molecular flexibility index (Phi) is 8.17. The predicted molar refractivity (Wildman–Crippen MR) is 142 cm³/mol. The van der Waals surface area contributed by atoms with Gasteiger partial charge in [0.05, 0.1) is 5.02 Å². The number of urea groups is 1. The Balaban J connectivity index is 1.64. The van der Waals surface area contributed by atoms with Gasteiger partial charge in [-0.05, 0) is 55.5 Å². The summed E-state index contributed by atoms with van der Waals surface area (Å²) in [6.07, 6.45) is 1.73. The molecule has 10 nitrogen and oxygen atoms in total. The number of rotatable bonds is 5. The summed E-state index contributed by atoms with van der Waals surface area (Å²) in [4.78, 5) is 39.1. The van der Waals surface area contributed by atoms with Crippen LogP contribution in [0.25, 0.3) is 11.0 Å². The van der Waals surface area contributed by atoms with E-state index in [2.05, 4.69) is 0 Å². The van der Waals surface area contributed by atoms with E-state index in [9.17, 15) is 27.2 Å². The van der Waals surface area contributed by atoms with Crippen molar-refractivity contribution in [3.63, 3.8) is 0 Å². The number of fused-ring (bicyclic) bond motifs is 1. The second-order valence-electron chi connectivity index (χ2n) is 9.43. The van der Waals surface area contributed by atoms with Crippen LogP contribution >= 0.6 is 11.6 Å². The van der Waals surface area contributed by atoms with Crippen LogP contribution in [0.15, 0.2) is 44.4 Å². The molecule has 0 bridgehead atoms. The van der Waals surface area contributed by atoms with E-state index >= 15 is 0 Å². The molecule has 39 heavy (non-hydrogen) atoms. The summed E-state index contributed by atoms with van der Waals surface area (Å²) in [7, 11) is -1.51. The number of nitrogens with zero attached hydrogens (tertiary/aromatic N) is 2. The molecule has 1 aliphatic rings. The van der Waals surface area contributed by atoms with Gasteiger partial charge in [-0.3, -0.25) is 0 Å². The van der Waals surface area contributed by atoms with Crippen LogP contribution < -0.4 is 15.1 Å². The van der Waals surface area contributed by atoms with E-state index in [-0.39, 0.29) is 28.3 Å². The minimum absolute atomic E-state index is 0.0122. The number of amides is 3. The predicted octanol–water partition coefficient (Wildman–Crippen LogP) is 4.43. The highest BCUT2D eigenvalue weighted by atomic mass is 35.5. The summed E-state index contributed by atoms with van der Waals surface area (Å²) in [6, 6.07) is 5.42. The molecule has 0 radical (unpaired) electrons. The van der Waals surface area contributed by atoms with Crippen molar-refractivity contribution in [2.45, 2.75) is 37.5 Å². The van der Waals surface area contributed by atoms with Gasteiger partial charge in [-0.15, -0.1) is 0 Å². The van der Waals surface area contributed by atoms with Gasteiger partial charge in [-0.25, -0.2) is 31.9 Å². The van der Waals surface area contributed by atoms with Crippen LogP contribution in [0.5, 0.6) is 5.75 Å². The maximum absolute atomic E-state index is 14.6. The molecule has 2 aromatic carbocycles. The molecular formula is C26H27ClFN3O7S. The fraction of sp³-hybridized carbons (Fsp3) is 0.346. The molecule has 3 aromatic rings. The number of nitrogens with one attached hydrogen (secondary N) is 1. The molecule has 208 valence electrons. The molecule has 3 amide bonds. The molecule has 0 aliphatic carbocycles. The molecule has 0 atom stereocenters. The van der Waals surface area contributed by atoms with Crippen molar-refractivity contribution < 1.29 is 31.6 Å². The van der Waals surface area contributed by atoms with Crippen LogP contribution in [-0.4, -0.2) is 57.5 Å². The molecule has 1 fully saturated rings. The van der Waals surface area contributed by atoms with Crippen molar-refractivity contribution in [2.75, 3.05) is 27.2 Å². The largest absolute Gasteiger partial charge is 0.422 e. The van der Waals surface area contributed by atoms with E-state index in [1.54, 1.807) is 6.92 Å². The van der Waals surface area contributed by atoms with Gasteiger partial charge in [0.1, 0.15) is 16.3 Å². The highest BCUT2D eigenvalue weighted by Gasteiger charge is 2.26. The maximum atomic E-state index is 14.6. The van der Waals surface area contributed by atoms with Gasteiger partial charge < -0.3 is 19.0 Å². The van der Waals surface area contributed by atoms with Crippen molar-refractivity contribution in [3.8, 4) is 5.75 Å². The number of likely N-dealkylation sites (tertiary alicyclic amines) is 1. The third-order valence-electron chi connectivity index (χ3n) is 6.43. The summed E-state index contributed by atoms with van der Waals surface area (Å²) in [6.45, 7) is 2.51. The first-order chi connectivity index (χ1) is 18.4. The van der Waals surface area contributed by atoms with Gasteiger partial charge in [-0.1, -0.05) is 17.7 Å². The minimum atomic E-state index is -4.52. The van der Waals surface area contributed by atoms with Crippen molar-refractivity contribution in [3.05, 3.63) is 68.3 Å². The molecule has 13 heteroatoms. The number of halogens is 2. The van der Waals surface area contributed by atoms with Crippen LogP contribution in [0.3, 0.4) is 0 Å². The van der Waals surface area contributed by atoms with Crippen molar-refractivity contribution in [1.82, 2.24) is 14.5 Å². The molecule has 1 aliphatic heterocycles. The Labute approximate surface area is 229 Å². The Hall–Kier alpha value is -3.64. The average molecular weight is 580 g/mol. The number of benzene rings is 2. The third-order valence-corrected chi connectivity index (χ3v) is 8.06. The van der Waals surface area contributed by atoms with E-state index in [1.807, 2.05) is 4.72 Å². The number of sulfonamides is 1. The van der Waals surface area contributed by atoms with Crippen LogP contribution in [0, 0.1) is 12.7 Å². The lowest BCUT2D eigenvalue weighted by molar-refractivity contribution is 0.172. The van der Waals surface area contributed by atoms with E-state index in [1.165, 1.54) is 42.1 Å². The monoisotopic (exact) mass is 579 g/mol. The van der Waals surface area contributed by atoms with Crippen LogP contribution in [0.1, 0.15) is 36.0 Å². The number of piperidine rings is 1.